The number of hydrogen-bond donors (Lipinski definition) is 1. The van der Waals surface area contributed by atoms with Crippen molar-refractivity contribution in [2.75, 3.05) is 12.3 Å². The SMILES string of the molecule is C=CCCS(=O)(=O)N1CCc2cc(C(=O)O)sc2C1. The van der Waals surface area contributed by atoms with Crippen molar-refractivity contribution in [3.63, 3.8) is 0 Å². The van der Waals surface area contributed by atoms with Crippen molar-refractivity contribution < 1.29 is 18.3 Å². The number of carboxylic acid groups (broad SMARTS) is 1. The smallest absolute Gasteiger partial charge is 0.345 e. The Morgan fingerprint density at radius 1 is 1.58 bits per heavy atom. The van der Waals surface area contributed by atoms with Crippen molar-refractivity contribution >= 4 is 27.3 Å². The van der Waals surface area contributed by atoms with Crippen LogP contribution in [-0.4, -0.2) is 36.1 Å². The number of carboxylic acids is 1. The van der Waals surface area contributed by atoms with Crippen LogP contribution >= 0.6 is 11.3 Å². The second kappa shape index (κ2) is 5.44. The van der Waals surface area contributed by atoms with Gasteiger partial charge in [-0.05, 0) is 24.5 Å². The Labute approximate surface area is 116 Å². The fourth-order valence-corrected chi connectivity index (χ4v) is 4.57. The van der Waals surface area contributed by atoms with Crippen LogP contribution in [-0.2, 0) is 23.0 Å². The Bertz CT molecular complexity index is 603. The molecule has 0 fully saturated rings. The Kier molecular flexibility index (Phi) is 4.07. The lowest BCUT2D eigenvalue weighted by Crippen LogP contribution is -2.36. The fraction of sp³-hybridized carbons (Fsp3) is 0.417. The first kappa shape index (κ1) is 14.2. The van der Waals surface area contributed by atoms with Gasteiger partial charge in [0, 0.05) is 18.0 Å². The maximum Gasteiger partial charge on any atom is 0.345 e. The molecule has 0 spiro atoms. The molecule has 1 aliphatic heterocycles. The van der Waals surface area contributed by atoms with E-state index in [9.17, 15) is 13.2 Å². The molecule has 1 N–H and O–H groups in total. The number of rotatable bonds is 5. The molecule has 104 valence electrons. The van der Waals surface area contributed by atoms with E-state index in [1.807, 2.05) is 0 Å². The third kappa shape index (κ3) is 3.05. The summed E-state index contributed by atoms with van der Waals surface area (Å²) < 4.78 is 25.6. The van der Waals surface area contributed by atoms with E-state index >= 15 is 0 Å². The lowest BCUT2D eigenvalue weighted by Gasteiger charge is -2.25. The molecule has 1 aliphatic rings. The van der Waals surface area contributed by atoms with Crippen molar-refractivity contribution in [3.8, 4) is 0 Å². The first-order valence-corrected chi connectivity index (χ1v) is 8.30. The Morgan fingerprint density at radius 3 is 2.95 bits per heavy atom. The standard InChI is InChI=1S/C12H15NO4S2/c1-2-3-6-19(16,17)13-5-4-9-7-10(12(14)15)18-11(9)8-13/h2,7H,1,3-6,8H2,(H,14,15). The molecule has 0 aromatic carbocycles. The van der Waals surface area contributed by atoms with Gasteiger partial charge < -0.3 is 5.11 Å². The van der Waals surface area contributed by atoms with E-state index < -0.39 is 16.0 Å². The van der Waals surface area contributed by atoms with Crippen molar-refractivity contribution in [2.24, 2.45) is 0 Å². The van der Waals surface area contributed by atoms with Crippen LogP contribution in [0.4, 0.5) is 0 Å². The summed E-state index contributed by atoms with van der Waals surface area (Å²) in [6.07, 6.45) is 2.59. The monoisotopic (exact) mass is 301 g/mol. The zero-order valence-electron chi connectivity index (χ0n) is 10.3. The third-order valence-corrected chi connectivity index (χ3v) is 6.03. The highest BCUT2D eigenvalue weighted by atomic mass is 32.2. The summed E-state index contributed by atoms with van der Waals surface area (Å²) in [5.41, 5.74) is 0.956. The van der Waals surface area contributed by atoms with Crippen LogP contribution in [0.5, 0.6) is 0 Å². The van der Waals surface area contributed by atoms with Crippen LogP contribution in [0, 0.1) is 0 Å². The van der Waals surface area contributed by atoms with Gasteiger partial charge in [0.05, 0.1) is 5.75 Å². The van der Waals surface area contributed by atoms with Crippen molar-refractivity contribution in [1.29, 1.82) is 0 Å². The highest BCUT2D eigenvalue weighted by Crippen LogP contribution is 2.29. The van der Waals surface area contributed by atoms with E-state index in [2.05, 4.69) is 6.58 Å². The number of hydrogen-bond acceptors (Lipinski definition) is 4. The molecule has 19 heavy (non-hydrogen) atoms. The van der Waals surface area contributed by atoms with E-state index in [4.69, 9.17) is 5.11 Å². The highest BCUT2D eigenvalue weighted by molar-refractivity contribution is 7.89. The summed E-state index contributed by atoms with van der Waals surface area (Å²) in [6, 6.07) is 1.65. The molecule has 0 bridgehead atoms. The normalized spacial score (nSPS) is 16.0. The summed E-state index contributed by atoms with van der Waals surface area (Å²) >= 11 is 1.16. The molecule has 0 unspecified atom stereocenters. The van der Waals surface area contributed by atoms with Crippen LogP contribution in [0.3, 0.4) is 0 Å². The molecule has 2 heterocycles. The van der Waals surface area contributed by atoms with Gasteiger partial charge in [0.25, 0.3) is 0 Å². The molecule has 2 rings (SSSR count). The van der Waals surface area contributed by atoms with Crippen molar-refractivity contribution in [3.05, 3.63) is 34.0 Å². The number of thiophene rings is 1. The number of allylic oxidation sites excluding steroid dienone is 1. The minimum atomic E-state index is -3.28. The van der Waals surface area contributed by atoms with Gasteiger partial charge in [0.1, 0.15) is 4.88 Å². The van der Waals surface area contributed by atoms with E-state index in [1.54, 1.807) is 12.1 Å². The second-order valence-corrected chi connectivity index (χ2v) is 7.57. The van der Waals surface area contributed by atoms with Gasteiger partial charge in [-0.25, -0.2) is 13.2 Å². The van der Waals surface area contributed by atoms with Gasteiger partial charge in [0.2, 0.25) is 10.0 Å². The predicted molar refractivity (Wildman–Crippen MR) is 74.0 cm³/mol. The number of carbonyl (C=O) groups is 1. The Hall–Kier alpha value is -1.18. The van der Waals surface area contributed by atoms with Crippen LogP contribution in [0.15, 0.2) is 18.7 Å². The number of aromatic carboxylic acids is 1. The largest absolute Gasteiger partial charge is 0.477 e. The molecule has 0 saturated carbocycles. The molecule has 1 aromatic rings. The van der Waals surface area contributed by atoms with Gasteiger partial charge >= 0.3 is 5.97 Å². The maximum atomic E-state index is 12.1. The van der Waals surface area contributed by atoms with Crippen LogP contribution in [0.1, 0.15) is 26.5 Å². The van der Waals surface area contributed by atoms with Gasteiger partial charge in [-0.3, -0.25) is 0 Å². The highest BCUT2D eigenvalue weighted by Gasteiger charge is 2.28. The summed E-state index contributed by atoms with van der Waals surface area (Å²) in [7, 11) is -3.28. The molecule has 1 aromatic heterocycles. The van der Waals surface area contributed by atoms with Crippen molar-refractivity contribution in [2.45, 2.75) is 19.4 Å². The van der Waals surface area contributed by atoms with Gasteiger partial charge in [-0.1, -0.05) is 6.08 Å². The van der Waals surface area contributed by atoms with Crippen LogP contribution < -0.4 is 0 Å². The Morgan fingerprint density at radius 2 is 2.32 bits per heavy atom. The van der Waals surface area contributed by atoms with E-state index in [0.29, 0.717) is 19.4 Å². The molecule has 0 aliphatic carbocycles. The summed E-state index contributed by atoms with van der Waals surface area (Å²) in [5, 5.41) is 8.94. The van der Waals surface area contributed by atoms with Gasteiger partial charge in [0.15, 0.2) is 0 Å². The minimum Gasteiger partial charge on any atom is -0.477 e. The summed E-state index contributed by atoms with van der Waals surface area (Å²) in [4.78, 5) is 12.0. The number of nitrogens with zero attached hydrogens (tertiary/aromatic N) is 1. The lowest BCUT2D eigenvalue weighted by atomic mass is 10.1. The molecular weight excluding hydrogens is 286 g/mol. The molecule has 0 amide bonds. The van der Waals surface area contributed by atoms with Gasteiger partial charge in [-0.2, -0.15) is 4.31 Å². The summed E-state index contributed by atoms with van der Waals surface area (Å²) in [6.45, 7) is 4.22. The molecule has 0 radical (unpaired) electrons. The first-order chi connectivity index (χ1) is 8.94. The van der Waals surface area contributed by atoms with Crippen molar-refractivity contribution in [1.82, 2.24) is 4.31 Å². The van der Waals surface area contributed by atoms with Crippen LogP contribution in [0.2, 0.25) is 0 Å². The van der Waals surface area contributed by atoms with E-state index in [1.165, 1.54) is 4.31 Å². The Balaban J connectivity index is 2.17. The predicted octanol–water partition coefficient (Wildman–Crippen LogP) is 1.71. The van der Waals surface area contributed by atoms with Gasteiger partial charge in [-0.15, -0.1) is 17.9 Å². The zero-order valence-corrected chi connectivity index (χ0v) is 12.0. The molecular formula is C12H15NO4S2. The number of fused-ring (bicyclic) bond motifs is 1. The second-order valence-electron chi connectivity index (χ2n) is 4.34. The lowest BCUT2D eigenvalue weighted by molar-refractivity contribution is 0.0702. The molecule has 5 nitrogen and oxygen atoms in total. The van der Waals surface area contributed by atoms with E-state index in [-0.39, 0.29) is 17.2 Å². The van der Waals surface area contributed by atoms with Crippen LogP contribution in [0.25, 0.3) is 0 Å². The third-order valence-electron chi connectivity index (χ3n) is 3.03. The molecule has 0 atom stereocenters. The maximum absolute atomic E-state index is 12.1. The minimum absolute atomic E-state index is 0.0585. The van der Waals surface area contributed by atoms with E-state index in [0.717, 1.165) is 21.8 Å². The molecule has 0 saturated heterocycles. The average Bonchev–Trinajstić information content (AvgIpc) is 2.79. The zero-order chi connectivity index (χ0) is 14.0. The average molecular weight is 301 g/mol. The summed E-state index contributed by atoms with van der Waals surface area (Å²) in [5.74, 6) is -0.899. The topological polar surface area (TPSA) is 74.7 Å². The first-order valence-electron chi connectivity index (χ1n) is 5.87. The quantitative estimate of drug-likeness (QED) is 0.840. The molecule has 7 heteroatoms. The number of sulfonamides is 1. The fourth-order valence-electron chi connectivity index (χ4n) is 2.00.